The zero-order chi connectivity index (χ0) is 17.9. The molecule has 26 heavy (non-hydrogen) atoms. The fraction of sp³-hybridized carbons (Fsp3) is 0.100. The summed E-state index contributed by atoms with van der Waals surface area (Å²) in [6.45, 7) is 2.02. The topological polar surface area (TPSA) is 72.7 Å². The highest BCUT2D eigenvalue weighted by molar-refractivity contribution is 6.01. The van der Waals surface area contributed by atoms with Crippen LogP contribution >= 0.6 is 0 Å². The van der Waals surface area contributed by atoms with Crippen molar-refractivity contribution < 1.29 is 4.79 Å². The lowest BCUT2D eigenvalue weighted by molar-refractivity contribution is -0.117. The molecular formula is C20H17N5O. The number of amides is 1. The van der Waals surface area contributed by atoms with Crippen LogP contribution in [0.1, 0.15) is 5.56 Å². The fourth-order valence-corrected chi connectivity index (χ4v) is 2.78. The minimum Gasteiger partial charge on any atom is -0.324 e. The van der Waals surface area contributed by atoms with E-state index in [0.29, 0.717) is 5.82 Å². The highest BCUT2D eigenvalue weighted by Gasteiger charge is 2.10. The summed E-state index contributed by atoms with van der Waals surface area (Å²) in [6, 6.07) is 21.6. The van der Waals surface area contributed by atoms with E-state index in [1.54, 1.807) is 0 Å². The molecule has 0 saturated carbocycles. The smallest absolute Gasteiger partial charge is 0.248 e. The summed E-state index contributed by atoms with van der Waals surface area (Å²) in [5.41, 5.74) is 2.80. The maximum absolute atomic E-state index is 12.4. The molecule has 0 atom stereocenters. The second kappa shape index (κ2) is 6.76. The Morgan fingerprint density at radius 1 is 1.00 bits per heavy atom. The molecule has 1 aromatic heterocycles. The number of tetrazole rings is 1. The summed E-state index contributed by atoms with van der Waals surface area (Å²) in [4.78, 5) is 13.7. The third-order valence-electron chi connectivity index (χ3n) is 4.11. The Kier molecular flexibility index (Phi) is 4.15. The van der Waals surface area contributed by atoms with Crippen molar-refractivity contribution in [3.63, 3.8) is 0 Å². The van der Waals surface area contributed by atoms with E-state index in [4.69, 9.17) is 0 Å². The van der Waals surface area contributed by atoms with Gasteiger partial charge < -0.3 is 5.32 Å². The van der Waals surface area contributed by atoms with Crippen LogP contribution in [0.5, 0.6) is 0 Å². The Morgan fingerprint density at radius 3 is 2.62 bits per heavy atom. The molecule has 1 amide bonds. The normalized spacial score (nSPS) is 10.8. The predicted molar refractivity (Wildman–Crippen MR) is 101 cm³/mol. The summed E-state index contributed by atoms with van der Waals surface area (Å²) in [7, 11) is 0. The van der Waals surface area contributed by atoms with E-state index < -0.39 is 0 Å². The standard InChI is InChI=1S/C20H17N5O/c1-14-9-11-16(12-10-14)20-22-24-25(23-20)13-19(26)21-18-8-4-6-15-5-2-3-7-17(15)18/h2-12H,13H2,1H3,(H,21,26). The predicted octanol–water partition coefficient (Wildman–Crippen LogP) is 3.44. The van der Waals surface area contributed by atoms with Crippen LogP contribution in [0.25, 0.3) is 22.2 Å². The monoisotopic (exact) mass is 343 g/mol. The molecule has 0 spiro atoms. The van der Waals surface area contributed by atoms with Crippen molar-refractivity contribution in [1.82, 2.24) is 20.2 Å². The van der Waals surface area contributed by atoms with Crippen molar-refractivity contribution in [2.45, 2.75) is 13.5 Å². The average molecular weight is 343 g/mol. The number of carbonyl (C=O) groups excluding carboxylic acids is 1. The first-order valence-corrected chi connectivity index (χ1v) is 8.31. The molecule has 1 heterocycles. The molecule has 0 unspecified atom stereocenters. The zero-order valence-electron chi connectivity index (χ0n) is 14.3. The molecule has 1 N–H and O–H groups in total. The number of carbonyl (C=O) groups is 1. The quantitative estimate of drug-likeness (QED) is 0.616. The maximum Gasteiger partial charge on any atom is 0.248 e. The number of hydrogen-bond acceptors (Lipinski definition) is 4. The first-order chi connectivity index (χ1) is 12.7. The SMILES string of the molecule is Cc1ccc(-c2nnn(CC(=O)Nc3cccc4ccccc34)n2)cc1. The van der Waals surface area contributed by atoms with Gasteiger partial charge in [-0.2, -0.15) is 4.80 Å². The number of fused-ring (bicyclic) bond motifs is 1. The van der Waals surface area contributed by atoms with Gasteiger partial charge in [-0.05, 0) is 23.6 Å². The van der Waals surface area contributed by atoms with E-state index >= 15 is 0 Å². The molecule has 128 valence electrons. The second-order valence-corrected chi connectivity index (χ2v) is 6.08. The number of aryl methyl sites for hydroxylation is 1. The lowest BCUT2D eigenvalue weighted by Crippen LogP contribution is -2.20. The molecule has 6 heteroatoms. The van der Waals surface area contributed by atoms with Crippen molar-refractivity contribution in [1.29, 1.82) is 0 Å². The Labute approximate surface area is 150 Å². The van der Waals surface area contributed by atoms with Crippen molar-refractivity contribution in [2.75, 3.05) is 5.32 Å². The largest absolute Gasteiger partial charge is 0.324 e. The Hall–Kier alpha value is -3.54. The Bertz CT molecular complexity index is 1060. The van der Waals surface area contributed by atoms with Gasteiger partial charge in [-0.3, -0.25) is 4.79 Å². The van der Waals surface area contributed by atoms with Gasteiger partial charge in [0.2, 0.25) is 11.7 Å². The van der Waals surface area contributed by atoms with Gasteiger partial charge in [0.05, 0.1) is 0 Å². The lowest BCUT2D eigenvalue weighted by atomic mass is 10.1. The first kappa shape index (κ1) is 16.0. The Morgan fingerprint density at radius 2 is 1.77 bits per heavy atom. The lowest BCUT2D eigenvalue weighted by Gasteiger charge is -2.08. The molecule has 0 bridgehead atoms. The van der Waals surface area contributed by atoms with E-state index in [-0.39, 0.29) is 12.5 Å². The van der Waals surface area contributed by atoms with Crippen LogP contribution < -0.4 is 5.32 Å². The van der Waals surface area contributed by atoms with Crippen molar-refractivity contribution in [3.05, 3.63) is 72.3 Å². The van der Waals surface area contributed by atoms with E-state index in [9.17, 15) is 4.79 Å². The van der Waals surface area contributed by atoms with Gasteiger partial charge in [-0.25, -0.2) is 0 Å². The molecule has 4 aromatic rings. The van der Waals surface area contributed by atoms with Gasteiger partial charge in [0.25, 0.3) is 0 Å². The van der Waals surface area contributed by atoms with Gasteiger partial charge in [-0.1, -0.05) is 66.2 Å². The van der Waals surface area contributed by atoms with Crippen LogP contribution in [-0.2, 0) is 11.3 Å². The molecule has 0 saturated heterocycles. The van der Waals surface area contributed by atoms with Crippen LogP contribution in [-0.4, -0.2) is 26.1 Å². The van der Waals surface area contributed by atoms with Crippen molar-refractivity contribution >= 4 is 22.4 Å². The number of nitrogens with zero attached hydrogens (tertiary/aromatic N) is 4. The summed E-state index contributed by atoms with van der Waals surface area (Å²) >= 11 is 0. The molecule has 0 aliphatic rings. The number of anilines is 1. The first-order valence-electron chi connectivity index (χ1n) is 8.31. The second-order valence-electron chi connectivity index (χ2n) is 6.08. The number of aromatic nitrogens is 4. The summed E-state index contributed by atoms with van der Waals surface area (Å²) in [6.07, 6.45) is 0. The molecule has 4 rings (SSSR count). The highest BCUT2D eigenvalue weighted by atomic mass is 16.2. The average Bonchev–Trinajstić information content (AvgIpc) is 3.11. The minimum absolute atomic E-state index is 0.00207. The number of nitrogens with one attached hydrogen (secondary N) is 1. The van der Waals surface area contributed by atoms with Crippen molar-refractivity contribution in [3.8, 4) is 11.4 Å². The van der Waals surface area contributed by atoms with Crippen LogP contribution in [0.15, 0.2) is 66.7 Å². The van der Waals surface area contributed by atoms with Crippen LogP contribution in [0.2, 0.25) is 0 Å². The van der Waals surface area contributed by atoms with E-state index in [2.05, 4.69) is 20.7 Å². The maximum atomic E-state index is 12.4. The van der Waals surface area contributed by atoms with Gasteiger partial charge in [0.15, 0.2) is 0 Å². The van der Waals surface area contributed by atoms with Gasteiger partial charge >= 0.3 is 0 Å². The molecule has 0 aliphatic heterocycles. The highest BCUT2D eigenvalue weighted by Crippen LogP contribution is 2.22. The molecule has 0 radical (unpaired) electrons. The van der Waals surface area contributed by atoms with Gasteiger partial charge in [-0.15, -0.1) is 10.2 Å². The van der Waals surface area contributed by atoms with Crippen molar-refractivity contribution in [2.24, 2.45) is 0 Å². The zero-order valence-corrected chi connectivity index (χ0v) is 14.3. The molecule has 0 aliphatic carbocycles. The Balaban J connectivity index is 1.49. The van der Waals surface area contributed by atoms with Crippen LogP contribution in [0, 0.1) is 6.92 Å². The number of rotatable bonds is 4. The van der Waals surface area contributed by atoms with Crippen LogP contribution in [0.3, 0.4) is 0 Å². The third kappa shape index (κ3) is 3.30. The van der Waals surface area contributed by atoms with Gasteiger partial charge in [0, 0.05) is 16.6 Å². The summed E-state index contributed by atoms with van der Waals surface area (Å²) in [5, 5.41) is 17.3. The molecule has 0 fully saturated rings. The van der Waals surface area contributed by atoms with E-state index in [1.807, 2.05) is 73.7 Å². The van der Waals surface area contributed by atoms with E-state index in [0.717, 1.165) is 27.6 Å². The number of hydrogen-bond donors (Lipinski definition) is 1. The number of benzene rings is 3. The minimum atomic E-state index is -0.200. The summed E-state index contributed by atoms with van der Waals surface area (Å²) < 4.78 is 0. The third-order valence-corrected chi connectivity index (χ3v) is 4.11. The van der Waals surface area contributed by atoms with Gasteiger partial charge in [0.1, 0.15) is 6.54 Å². The molecule has 3 aromatic carbocycles. The fourth-order valence-electron chi connectivity index (χ4n) is 2.78. The van der Waals surface area contributed by atoms with Crippen LogP contribution in [0.4, 0.5) is 5.69 Å². The molecular weight excluding hydrogens is 326 g/mol. The van der Waals surface area contributed by atoms with E-state index in [1.165, 1.54) is 4.80 Å². The molecule has 6 nitrogen and oxygen atoms in total. The summed E-state index contributed by atoms with van der Waals surface area (Å²) in [5.74, 6) is 0.303.